The average molecular weight is 1060 g/mol. The summed E-state index contributed by atoms with van der Waals surface area (Å²) in [7, 11) is 0. The van der Waals surface area contributed by atoms with Crippen LogP contribution in [-0.2, 0) is 20.1 Å². The number of benzene rings is 6. The molecule has 0 atom stereocenters. The van der Waals surface area contributed by atoms with E-state index in [0.29, 0.717) is 16.7 Å². The summed E-state index contributed by atoms with van der Waals surface area (Å²) in [6.07, 6.45) is 3.77. The molecule has 0 bridgehead atoms. The van der Waals surface area contributed by atoms with Crippen molar-refractivity contribution in [3.05, 3.63) is 174 Å². The third-order valence-electron chi connectivity index (χ3n) is 12.5. The van der Waals surface area contributed by atoms with Crippen molar-refractivity contribution < 1.29 is 25.9 Å². The van der Waals surface area contributed by atoms with Crippen molar-refractivity contribution in [3.8, 4) is 45.5 Å². The molecule has 1 radical (unpaired) electrons. The number of aromatic nitrogens is 3. The second-order valence-corrected chi connectivity index (χ2v) is 29.1. The Hall–Kier alpha value is -5.58. The molecule has 0 spiro atoms. The Bertz CT molecular complexity index is 3050. The maximum Gasteiger partial charge on any atom is 0.0160 e. The summed E-state index contributed by atoms with van der Waals surface area (Å²) in [4.78, 5) is 9.49. The molecule has 1 aliphatic rings. The predicted octanol–water partition coefficient (Wildman–Crippen LogP) is 15.3. The van der Waals surface area contributed by atoms with Crippen LogP contribution in [-0.4, -0.2) is 27.8 Å². The van der Waals surface area contributed by atoms with Gasteiger partial charge in [0.05, 0.1) is 34.1 Å². The van der Waals surface area contributed by atoms with Crippen LogP contribution in [0.4, 0.5) is 0 Å². The standard InChI is InChI=1S/C45H44GeN3O.C11H8N.Ir/c1-28(2)38-25-34(32-17-15-31(16-18-32)33-20-22-46(5,6)23-21-33)26-39(29(3)4)43(38)49-41-13-8-7-12-40(41)48-45(49)37-11-9-10-36-35-19-14-30(27-47)24-42(35)50-44(36)37;1-2-6-10(7-3-1)11-8-4-5-9-12-11;/h7-10,12-19,24-26,28-29,33H,20-23H2,1-6H3;1-6,8-9H;/q2*-1;/i33D;;. The fourth-order valence-electron chi connectivity index (χ4n) is 8.87. The summed E-state index contributed by atoms with van der Waals surface area (Å²) in [5.41, 5.74) is 13.9. The van der Waals surface area contributed by atoms with Crippen molar-refractivity contribution in [2.75, 3.05) is 0 Å². The first-order chi connectivity index (χ1) is 30.4. The van der Waals surface area contributed by atoms with Crippen LogP contribution < -0.4 is 0 Å². The van der Waals surface area contributed by atoms with Gasteiger partial charge in [-0.05, 0) is 36.0 Å². The van der Waals surface area contributed by atoms with Crippen molar-refractivity contribution in [1.29, 1.82) is 5.26 Å². The number of pyridine rings is 1. The van der Waals surface area contributed by atoms with E-state index in [2.05, 4.69) is 122 Å². The van der Waals surface area contributed by atoms with Gasteiger partial charge < -0.3 is 9.40 Å². The second kappa shape index (κ2) is 18.6. The minimum Gasteiger partial charge on any atom is -0.305 e. The maximum atomic E-state index is 9.56. The molecule has 0 unspecified atom stereocenters. The zero-order valence-electron chi connectivity index (χ0n) is 37.8. The smallest absolute Gasteiger partial charge is 0.0160 e. The Balaban J connectivity index is 0.000000372. The Morgan fingerprint density at radius 1 is 0.778 bits per heavy atom. The Morgan fingerprint density at radius 2 is 1.49 bits per heavy atom. The van der Waals surface area contributed by atoms with Crippen LogP contribution in [0.25, 0.3) is 72.4 Å². The third kappa shape index (κ3) is 8.98. The van der Waals surface area contributed by atoms with Gasteiger partial charge in [0, 0.05) is 31.7 Å². The summed E-state index contributed by atoms with van der Waals surface area (Å²) in [5, 5.41) is 14.0. The van der Waals surface area contributed by atoms with Gasteiger partial charge in [-0.15, -0.1) is 54.1 Å². The molecule has 0 aliphatic carbocycles. The molecule has 1 fully saturated rings. The summed E-state index contributed by atoms with van der Waals surface area (Å²) in [6.45, 7) is 9.08. The van der Waals surface area contributed by atoms with E-state index in [-0.39, 0.29) is 31.9 Å². The van der Waals surface area contributed by atoms with E-state index in [1.165, 1.54) is 32.8 Å². The van der Waals surface area contributed by atoms with Crippen LogP contribution in [0.5, 0.6) is 0 Å². The predicted molar refractivity (Wildman–Crippen MR) is 259 cm³/mol. The fourth-order valence-corrected chi connectivity index (χ4v) is 13.5. The van der Waals surface area contributed by atoms with Crippen molar-refractivity contribution in [3.63, 3.8) is 0 Å². The van der Waals surface area contributed by atoms with E-state index in [1.54, 1.807) is 6.20 Å². The number of imidazole rings is 1. The van der Waals surface area contributed by atoms with Crippen molar-refractivity contribution in [1.82, 2.24) is 14.5 Å². The van der Waals surface area contributed by atoms with Crippen molar-refractivity contribution in [2.24, 2.45) is 0 Å². The molecule has 0 N–H and O–H groups in total. The largest absolute Gasteiger partial charge is 0.305 e. The SMILES string of the molecule is [2H]C1(c2ccc(-c3cc(C(C)C)c(-n4c(-c5[c-]ccc6c5oc5cc(C#N)ccc56)nc5ccccc54)c(C(C)C)c3)cc2)C[CH2][Ge]([CH3])([CH3])[CH2]C1.[Ir].[c-]1ccccc1-c1ccccn1. The van der Waals surface area contributed by atoms with Gasteiger partial charge in [-0.1, -0.05) is 41.3 Å². The number of nitriles is 1. The van der Waals surface area contributed by atoms with E-state index in [1.807, 2.05) is 78.9 Å². The van der Waals surface area contributed by atoms with Crippen LogP contribution in [0.15, 0.2) is 144 Å². The average Bonchev–Trinajstić information content (AvgIpc) is 3.89. The number of nitrogens with zero attached hydrogens (tertiary/aromatic N) is 4. The summed E-state index contributed by atoms with van der Waals surface area (Å²) < 4.78 is 18.2. The molecule has 317 valence electrons. The van der Waals surface area contributed by atoms with E-state index < -0.39 is 19.2 Å². The van der Waals surface area contributed by atoms with Gasteiger partial charge in [0.2, 0.25) is 0 Å². The quantitative estimate of drug-likeness (QED) is 0.118. The minimum atomic E-state index is -1.67. The van der Waals surface area contributed by atoms with Gasteiger partial charge in [0.25, 0.3) is 0 Å². The Labute approximate surface area is 389 Å². The molecule has 10 rings (SSSR count). The van der Waals surface area contributed by atoms with Gasteiger partial charge in [0.1, 0.15) is 5.58 Å². The maximum absolute atomic E-state index is 9.56. The zero-order valence-corrected chi connectivity index (χ0v) is 41.3. The van der Waals surface area contributed by atoms with Crippen molar-refractivity contribution in [2.45, 2.75) is 80.3 Å². The van der Waals surface area contributed by atoms with E-state index >= 15 is 0 Å². The summed E-state index contributed by atoms with van der Waals surface area (Å²) in [5.74, 6) is 5.81. The first-order valence-electron chi connectivity index (χ1n) is 22.4. The van der Waals surface area contributed by atoms with Crippen LogP contribution >= 0.6 is 0 Å². The molecule has 9 aromatic rings. The minimum absolute atomic E-state index is 0. The monoisotopic (exact) mass is 1060 g/mol. The van der Waals surface area contributed by atoms with Crippen LogP contribution in [0.1, 0.15) is 81.9 Å². The Morgan fingerprint density at radius 3 is 2.16 bits per heavy atom. The van der Waals surface area contributed by atoms with Crippen LogP contribution in [0, 0.1) is 23.5 Å². The number of hydrogen-bond acceptors (Lipinski definition) is 4. The van der Waals surface area contributed by atoms with Crippen LogP contribution in [0.3, 0.4) is 0 Å². The van der Waals surface area contributed by atoms with E-state index in [4.69, 9.17) is 9.40 Å². The van der Waals surface area contributed by atoms with E-state index in [9.17, 15) is 6.63 Å². The second-order valence-electron chi connectivity index (χ2n) is 17.9. The Kier molecular flexibility index (Phi) is 12.6. The van der Waals surface area contributed by atoms with Crippen molar-refractivity contribution >= 4 is 46.2 Å². The van der Waals surface area contributed by atoms with Gasteiger partial charge >= 0.3 is 169 Å². The molecule has 0 amide bonds. The van der Waals surface area contributed by atoms with Gasteiger partial charge in [-0.2, -0.15) is 5.26 Å². The third-order valence-corrected chi connectivity index (χ3v) is 19.2. The van der Waals surface area contributed by atoms with Gasteiger partial charge in [0.15, 0.2) is 0 Å². The number of hydrogen-bond donors (Lipinski definition) is 0. The number of para-hydroxylation sites is 2. The van der Waals surface area contributed by atoms with Crippen LogP contribution in [0.2, 0.25) is 22.0 Å². The molecular weight excluding hydrogens is 1010 g/mol. The number of furan rings is 1. The molecule has 4 heterocycles. The van der Waals surface area contributed by atoms with Gasteiger partial charge in [-0.25, -0.2) is 0 Å². The normalized spacial score (nSPS) is 14.6. The number of rotatable bonds is 7. The molecule has 7 heteroatoms. The fraction of sp³-hybridized carbons (Fsp3) is 0.232. The molecule has 63 heavy (non-hydrogen) atoms. The van der Waals surface area contributed by atoms with E-state index in [0.717, 1.165) is 68.5 Å². The first kappa shape index (κ1) is 42.7. The molecule has 5 nitrogen and oxygen atoms in total. The molecule has 1 aliphatic heterocycles. The topological polar surface area (TPSA) is 67.6 Å². The molecule has 1 saturated heterocycles. The van der Waals surface area contributed by atoms with Gasteiger partial charge in [-0.3, -0.25) is 4.98 Å². The first-order valence-corrected chi connectivity index (χ1v) is 29.0. The summed E-state index contributed by atoms with van der Waals surface area (Å²) in [6, 6.07) is 54.1. The molecule has 3 aromatic heterocycles. The molecule has 6 aromatic carbocycles. The molecule has 0 saturated carbocycles. The summed E-state index contributed by atoms with van der Waals surface area (Å²) >= 11 is -1.67. The molecular formula is C56H52GeIrN4O-2. The zero-order chi connectivity index (χ0) is 43.9. The number of fused-ring (bicyclic) bond motifs is 4.